The molecule has 1 heterocycles. The molecule has 0 aromatic heterocycles. The number of amides is 2. The highest BCUT2D eigenvalue weighted by molar-refractivity contribution is 8.18. The highest BCUT2D eigenvalue weighted by Gasteiger charge is 2.36. The summed E-state index contributed by atoms with van der Waals surface area (Å²) in [6.07, 6.45) is 1.60. The van der Waals surface area contributed by atoms with E-state index >= 15 is 0 Å². The summed E-state index contributed by atoms with van der Waals surface area (Å²) in [6.45, 7) is 2.26. The first-order chi connectivity index (χ1) is 16.5. The van der Waals surface area contributed by atoms with Crippen molar-refractivity contribution in [3.63, 3.8) is 0 Å². The van der Waals surface area contributed by atoms with Crippen molar-refractivity contribution in [2.24, 2.45) is 0 Å². The van der Waals surface area contributed by atoms with Gasteiger partial charge in [-0.25, -0.2) is 0 Å². The minimum atomic E-state index is -0.658. The molecule has 0 atom stereocenters. The van der Waals surface area contributed by atoms with Crippen molar-refractivity contribution in [3.8, 4) is 11.5 Å². The molecule has 1 aliphatic heterocycles. The monoisotopic (exact) mass is 477 g/mol. The Balaban J connectivity index is 1.54. The van der Waals surface area contributed by atoms with Gasteiger partial charge in [0.2, 0.25) is 0 Å². The molecule has 7 nitrogen and oxygen atoms in total. The summed E-state index contributed by atoms with van der Waals surface area (Å²) in [7, 11) is 1.20. The summed E-state index contributed by atoms with van der Waals surface area (Å²) in [5, 5.41) is 1.76. The Hall–Kier alpha value is -3.78. The van der Waals surface area contributed by atoms with E-state index in [-0.39, 0.29) is 4.91 Å². The summed E-state index contributed by atoms with van der Waals surface area (Å²) in [5.74, 6) is -0.0828. The molecule has 174 valence electrons. The van der Waals surface area contributed by atoms with E-state index in [4.69, 9.17) is 9.47 Å². The maximum Gasteiger partial charge on any atom is 0.325 e. The van der Waals surface area contributed by atoms with Gasteiger partial charge in [-0.1, -0.05) is 48.5 Å². The summed E-state index contributed by atoms with van der Waals surface area (Å²) >= 11 is 0.780. The average molecular weight is 478 g/mol. The number of thioether (sulfide) groups is 1. The van der Waals surface area contributed by atoms with E-state index in [2.05, 4.69) is 22.9 Å². The van der Waals surface area contributed by atoms with Crippen LogP contribution < -0.4 is 9.47 Å². The summed E-state index contributed by atoms with van der Waals surface area (Å²) < 4.78 is 16.4. The van der Waals surface area contributed by atoms with Crippen molar-refractivity contribution in [3.05, 3.63) is 76.7 Å². The van der Waals surface area contributed by atoms with Crippen molar-refractivity contribution in [1.82, 2.24) is 4.90 Å². The van der Waals surface area contributed by atoms with Crippen LogP contribution in [0.4, 0.5) is 4.79 Å². The molecule has 0 radical (unpaired) electrons. The third-order valence-electron chi connectivity index (χ3n) is 5.22. The maximum atomic E-state index is 12.6. The summed E-state index contributed by atoms with van der Waals surface area (Å²) in [6, 6.07) is 19.5. The zero-order valence-corrected chi connectivity index (χ0v) is 19.6. The lowest BCUT2D eigenvalue weighted by molar-refractivity contribution is -0.143. The lowest BCUT2D eigenvalue weighted by Crippen LogP contribution is -2.34. The number of esters is 1. The number of benzene rings is 3. The molecule has 3 aromatic carbocycles. The highest BCUT2D eigenvalue weighted by atomic mass is 32.2. The Morgan fingerprint density at radius 3 is 2.59 bits per heavy atom. The first-order valence-corrected chi connectivity index (χ1v) is 11.5. The Morgan fingerprint density at radius 2 is 1.79 bits per heavy atom. The van der Waals surface area contributed by atoms with E-state index in [0.29, 0.717) is 30.3 Å². The number of ether oxygens (including phenoxy) is 3. The largest absolute Gasteiger partial charge is 0.490 e. The van der Waals surface area contributed by atoms with Crippen LogP contribution in [0.3, 0.4) is 0 Å². The van der Waals surface area contributed by atoms with Gasteiger partial charge in [-0.3, -0.25) is 19.3 Å². The van der Waals surface area contributed by atoms with E-state index in [1.165, 1.54) is 7.11 Å². The van der Waals surface area contributed by atoms with Gasteiger partial charge in [-0.05, 0) is 58.8 Å². The van der Waals surface area contributed by atoms with Gasteiger partial charge in [-0.2, -0.15) is 0 Å². The topological polar surface area (TPSA) is 82.1 Å². The lowest BCUT2D eigenvalue weighted by atomic mass is 10.1. The predicted octanol–water partition coefficient (Wildman–Crippen LogP) is 5.03. The van der Waals surface area contributed by atoms with Gasteiger partial charge < -0.3 is 14.2 Å². The van der Waals surface area contributed by atoms with Gasteiger partial charge in [0.25, 0.3) is 11.1 Å². The van der Waals surface area contributed by atoms with Gasteiger partial charge >= 0.3 is 5.97 Å². The Morgan fingerprint density at radius 1 is 1.00 bits per heavy atom. The number of nitrogens with zero attached hydrogens (tertiary/aromatic N) is 1. The third kappa shape index (κ3) is 5.07. The van der Waals surface area contributed by atoms with E-state index in [0.717, 1.165) is 33.0 Å². The van der Waals surface area contributed by atoms with Crippen LogP contribution in [0.1, 0.15) is 18.1 Å². The minimum Gasteiger partial charge on any atom is -0.490 e. The molecule has 2 amide bonds. The molecule has 1 fully saturated rings. The van der Waals surface area contributed by atoms with Gasteiger partial charge in [0.15, 0.2) is 11.5 Å². The molecule has 0 aliphatic carbocycles. The fourth-order valence-electron chi connectivity index (χ4n) is 3.56. The fourth-order valence-corrected chi connectivity index (χ4v) is 4.40. The average Bonchev–Trinajstić information content (AvgIpc) is 3.10. The maximum absolute atomic E-state index is 12.6. The molecule has 1 aliphatic rings. The van der Waals surface area contributed by atoms with Crippen LogP contribution in [0.25, 0.3) is 16.8 Å². The molecule has 4 rings (SSSR count). The summed E-state index contributed by atoms with van der Waals surface area (Å²) in [4.78, 5) is 37.3. The van der Waals surface area contributed by atoms with Crippen molar-refractivity contribution in [1.29, 1.82) is 0 Å². The van der Waals surface area contributed by atoms with Crippen LogP contribution in [0.2, 0.25) is 0 Å². The number of fused-ring (bicyclic) bond motifs is 1. The predicted molar refractivity (Wildman–Crippen MR) is 131 cm³/mol. The number of hydrogen-bond acceptors (Lipinski definition) is 7. The van der Waals surface area contributed by atoms with E-state index in [9.17, 15) is 14.4 Å². The molecule has 0 spiro atoms. The minimum absolute atomic E-state index is 0.223. The van der Waals surface area contributed by atoms with E-state index in [1.807, 2.05) is 31.2 Å². The smallest absolute Gasteiger partial charge is 0.325 e. The van der Waals surface area contributed by atoms with Gasteiger partial charge in [-0.15, -0.1) is 0 Å². The van der Waals surface area contributed by atoms with Crippen LogP contribution in [0.15, 0.2) is 65.6 Å². The van der Waals surface area contributed by atoms with Crippen molar-refractivity contribution >= 4 is 45.7 Å². The number of rotatable bonds is 8. The Labute approximate surface area is 201 Å². The molecule has 0 unspecified atom stereocenters. The number of hydrogen-bond donors (Lipinski definition) is 0. The van der Waals surface area contributed by atoms with E-state index < -0.39 is 23.7 Å². The zero-order chi connectivity index (χ0) is 24.1. The molecule has 8 heteroatoms. The van der Waals surface area contributed by atoms with Crippen LogP contribution in [-0.4, -0.2) is 42.3 Å². The Kier molecular flexibility index (Phi) is 7.18. The van der Waals surface area contributed by atoms with Gasteiger partial charge in [0.1, 0.15) is 13.2 Å². The standard InChI is InChI=1S/C26H23NO6S/c1-3-32-22-13-17(14-23-25(29)27(26(30)34-23)15-24(28)31-2)11-12-21(22)33-16-19-9-6-8-18-7-4-5-10-20(18)19/h4-14H,3,15-16H2,1-2H3/b23-14-. The number of imide groups is 1. The Bertz CT molecular complexity index is 1280. The molecule has 0 N–H and O–H groups in total. The van der Waals surface area contributed by atoms with Crippen molar-refractivity contribution in [2.45, 2.75) is 13.5 Å². The van der Waals surface area contributed by atoms with Crippen LogP contribution in [-0.2, 0) is 20.9 Å². The molecular formula is C26H23NO6S. The number of carbonyl (C=O) groups excluding carboxylic acids is 3. The second kappa shape index (κ2) is 10.4. The second-order valence-corrected chi connectivity index (χ2v) is 8.40. The third-order valence-corrected chi connectivity index (χ3v) is 6.12. The fraction of sp³-hybridized carbons (Fsp3) is 0.192. The van der Waals surface area contributed by atoms with Crippen molar-refractivity contribution in [2.75, 3.05) is 20.3 Å². The normalized spacial score (nSPS) is 14.6. The molecule has 34 heavy (non-hydrogen) atoms. The molecule has 1 saturated heterocycles. The van der Waals surface area contributed by atoms with Crippen LogP contribution in [0, 0.1) is 0 Å². The lowest BCUT2D eigenvalue weighted by Gasteiger charge is -2.14. The van der Waals surface area contributed by atoms with E-state index in [1.54, 1.807) is 24.3 Å². The molecule has 3 aromatic rings. The first kappa shape index (κ1) is 23.4. The molecular weight excluding hydrogens is 454 g/mol. The quantitative estimate of drug-likeness (QED) is 0.333. The van der Waals surface area contributed by atoms with Gasteiger partial charge in [0, 0.05) is 0 Å². The number of carbonyl (C=O) groups is 3. The SMILES string of the molecule is CCOc1cc(/C=C2\SC(=O)N(CC(=O)OC)C2=O)ccc1OCc1cccc2ccccc12. The van der Waals surface area contributed by atoms with Crippen LogP contribution in [0.5, 0.6) is 11.5 Å². The highest BCUT2D eigenvalue weighted by Crippen LogP contribution is 2.35. The van der Waals surface area contributed by atoms with Crippen molar-refractivity contribution < 1.29 is 28.6 Å². The summed E-state index contributed by atoms with van der Waals surface area (Å²) in [5.41, 5.74) is 1.73. The van der Waals surface area contributed by atoms with Gasteiger partial charge in [0.05, 0.1) is 18.6 Å². The first-order valence-electron chi connectivity index (χ1n) is 10.7. The molecule has 0 bridgehead atoms. The zero-order valence-electron chi connectivity index (χ0n) is 18.8. The number of methoxy groups -OCH3 is 1. The van der Waals surface area contributed by atoms with Crippen LogP contribution >= 0.6 is 11.8 Å². The second-order valence-electron chi connectivity index (χ2n) is 7.41. The molecule has 0 saturated carbocycles.